The maximum atomic E-state index is 5.99. The number of aryl methyl sites for hydroxylation is 1. The molecule has 0 spiro atoms. The van der Waals surface area contributed by atoms with Crippen molar-refractivity contribution >= 4 is 29.9 Å². The van der Waals surface area contributed by atoms with Crippen LogP contribution in [-0.4, -0.2) is 55.2 Å². The van der Waals surface area contributed by atoms with Crippen LogP contribution < -0.4 is 15.4 Å². The van der Waals surface area contributed by atoms with Crippen molar-refractivity contribution in [1.82, 2.24) is 15.5 Å². The van der Waals surface area contributed by atoms with Gasteiger partial charge in [-0.2, -0.15) is 0 Å². The Kier molecular flexibility index (Phi) is 9.15. The highest BCUT2D eigenvalue weighted by Gasteiger charge is 2.31. The molecule has 0 bridgehead atoms. The molecule has 3 rings (SSSR count). The van der Waals surface area contributed by atoms with E-state index in [-0.39, 0.29) is 30.1 Å². The number of aliphatic imine (C=N–C) groups is 1. The van der Waals surface area contributed by atoms with Gasteiger partial charge in [0, 0.05) is 31.7 Å². The third-order valence-corrected chi connectivity index (χ3v) is 5.11. The Morgan fingerprint density at radius 2 is 2.00 bits per heavy atom. The second-order valence-corrected chi connectivity index (χ2v) is 7.65. The first-order valence-corrected chi connectivity index (χ1v) is 10.2. The van der Waals surface area contributed by atoms with Crippen LogP contribution >= 0.6 is 24.0 Å². The molecule has 1 unspecified atom stereocenters. The number of nitrogens with zero attached hydrogens (tertiary/aromatic N) is 2. The van der Waals surface area contributed by atoms with Gasteiger partial charge in [0.25, 0.3) is 0 Å². The van der Waals surface area contributed by atoms with Crippen molar-refractivity contribution in [3.8, 4) is 5.75 Å². The van der Waals surface area contributed by atoms with E-state index < -0.39 is 0 Å². The number of likely N-dealkylation sites (tertiary alicyclic amines) is 1. The topological polar surface area (TPSA) is 48.9 Å². The molecule has 1 saturated heterocycles. The van der Waals surface area contributed by atoms with Gasteiger partial charge in [0.05, 0.1) is 6.54 Å². The van der Waals surface area contributed by atoms with Crippen LogP contribution in [0.15, 0.2) is 29.3 Å². The fourth-order valence-electron chi connectivity index (χ4n) is 3.54. The number of guanidine groups is 1. The van der Waals surface area contributed by atoms with Gasteiger partial charge in [0.15, 0.2) is 5.96 Å². The number of nitrogens with one attached hydrogen (secondary N) is 2. The van der Waals surface area contributed by atoms with Crippen LogP contribution in [0.3, 0.4) is 0 Å². The summed E-state index contributed by atoms with van der Waals surface area (Å²) in [7, 11) is 0. The van der Waals surface area contributed by atoms with Gasteiger partial charge in [-0.3, -0.25) is 0 Å². The molecule has 1 atom stereocenters. The molecule has 27 heavy (non-hydrogen) atoms. The molecule has 2 aliphatic rings. The van der Waals surface area contributed by atoms with Crippen molar-refractivity contribution in [2.45, 2.75) is 64.6 Å². The molecule has 0 aromatic heterocycles. The van der Waals surface area contributed by atoms with Gasteiger partial charge >= 0.3 is 0 Å². The van der Waals surface area contributed by atoms with Gasteiger partial charge in [-0.15, -0.1) is 24.0 Å². The van der Waals surface area contributed by atoms with E-state index in [1.165, 1.54) is 44.3 Å². The first-order chi connectivity index (χ1) is 12.6. The molecule has 5 nitrogen and oxygen atoms in total. The van der Waals surface area contributed by atoms with E-state index in [9.17, 15) is 0 Å². The van der Waals surface area contributed by atoms with Crippen LogP contribution in [0, 0.1) is 6.92 Å². The predicted octanol–water partition coefficient (Wildman–Crippen LogP) is 3.56. The molecule has 1 saturated carbocycles. The van der Waals surface area contributed by atoms with Crippen LogP contribution in [0.4, 0.5) is 0 Å². The summed E-state index contributed by atoms with van der Waals surface area (Å²) < 4.78 is 5.99. The Hall–Kier alpha value is -1.02. The molecular formula is C21H35IN4O. The van der Waals surface area contributed by atoms with Crippen molar-refractivity contribution < 1.29 is 4.74 Å². The molecule has 6 heteroatoms. The molecule has 152 valence electrons. The van der Waals surface area contributed by atoms with Crippen LogP contribution in [-0.2, 0) is 0 Å². The van der Waals surface area contributed by atoms with E-state index in [0.29, 0.717) is 12.6 Å². The number of piperidine rings is 1. The van der Waals surface area contributed by atoms with E-state index in [1.54, 1.807) is 0 Å². The fraction of sp³-hybridized carbons (Fsp3) is 0.667. The summed E-state index contributed by atoms with van der Waals surface area (Å²) in [6.07, 6.45) is 5.26. The number of halogens is 1. The van der Waals surface area contributed by atoms with Crippen LogP contribution in [0.5, 0.6) is 5.75 Å². The smallest absolute Gasteiger partial charge is 0.191 e. The lowest BCUT2D eigenvalue weighted by atomic mass is 10.1. The zero-order valence-corrected chi connectivity index (χ0v) is 19.2. The van der Waals surface area contributed by atoms with Gasteiger partial charge in [0.2, 0.25) is 0 Å². The molecule has 0 radical (unpaired) electrons. The van der Waals surface area contributed by atoms with E-state index in [0.717, 1.165) is 24.3 Å². The lowest BCUT2D eigenvalue weighted by Gasteiger charge is -2.33. The maximum Gasteiger partial charge on any atom is 0.191 e. The maximum absolute atomic E-state index is 5.99. The molecule has 0 amide bonds. The zero-order chi connectivity index (χ0) is 18.4. The standard InChI is InChI=1S/C21H34N4O.HI/c1-4-22-21(24-18-10-12-25(13-11-18)19-8-9-19)23-15-17(3)26-20-7-5-6-16(2)14-20;/h5-7,14,17-19H,4,8-13,15H2,1-3H3,(H2,22,23,24);1H. The number of hydrogen-bond donors (Lipinski definition) is 2. The largest absolute Gasteiger partial charge is 0.489 e. The van der Waals surface area contributed by atoms with Crippen molar-refractivity contribution in [2.75, 3.05) is 26.2 Å². The van der Waals surface area contributed by atoms with Gasteiger partial charge in [-0.25, -0.2) is 4.99 Å². The monoisotopic (exact) mass is 486 g/mol. The normalized spacial score (nSPS) is 19.9. The summed E-state index contributed by atoms with van der Waals surface area (Å²) in [6.45, 7) is 10.2. The third kappa shape index (κ3) is 7.49. The Bertz CT molecular complexity index is 598. The zero-order valence-electron chi connectivity index (χ0n) is 16.9. The predicted molar refractivity (Wildman–Crippen MR) is 123 cm³/mol. The lowest BCUT2D eigenvalue weighted by molar-refractivity contribution is 0.197. The molecular weight excluding hydrogens is 451 g/mol. The summed E-state index contributed by atoms with van der Waals surface area (Å²) in [5.74, 6) is 1.83. The Morgan fingerprint density at radius 3 is 2.63 bits per heavy atom. The van der Waals surface area contributed by atoms with Crippen LogP contribution in [0.1, 0.15) is 45.1 Å². The summed E-state index contributed by atoms with van der Waals surface area (Å²) in [6, 6.07) is 9.59. The van der Waals surface area contributed by atoms with Crippen LogP contribution in [0.25, 0.3) is 0 Å². The van der Waals surface area contributed by atoms with Gasteiger partial charge in [-0.1, -0.05) is 12.1 Å². The van der Waals surface area contributed by atoms with Crippen molar-refractivity contribution in [2.24, 2.45) is 4.99 Å². The molecule has 1 aromatic rings. The molecule has 1 heterocycles. The first kappa shape index (κ1) is 22.3. The number of ether oxygens (including phenoxy) is 1. The second-order valence-electron chi connectivity index (χ2n) is 7.65. The highest BCUT2D eigenvalue weighted by Crippen LogP contribution is 2.29. The Labute approximate surface area is 181 Å². The Morgan fingerprint density at radius 1 is 1.26 bits per heavy atom. The van der Waals surface area contributed by atoms with Crippen molar-refractivity contribution in [3.63, 3.8) is 0 Å². The second kappa shape index (κ2) is 11.1. The third-order valence-electron chi connectivity index (χ3n) is 5.11. The summed E-state index contributed by atoms with van der Waals surface area (Å²) in [4.78, 5) is 7.40. The fourth-order valence-corrected chi connectivity index (χ4v) is 3.54. The highest BCUT2D eigenvalue weighted by atomic mass is 127. The minimum Gasteiger partial charge on any atom is -0.489 e. The van der Waals surface area contributed by atoms with Gasteiger partial charge in [-0.05, 0) is 64.2 Å². The van der Waals surface area contributed by atoms with E-state index >= 15 is 0 Å². The summed E-state index contributed by atoms with van der Waals surface area (Å²) in [5.41, 5.74) is 1.21. The molecule has 2 N–H and O–H groups in total. The highest BCUT2D eigenvalue weighted by molar-refractivity contribution is 14.0. The lowest BCUT2D eigenvalue weighted by Crippen LogP contribution is -2.49. The minimum absolute atomic E-state index is 0. The average Bonchev–Trinajstić information content (AvgIpc) is 3.46. The number of rotatable bonds is 7. The minimum atomic E-state index is 0. The van der Waals surface area contributed by atoms with Gasteiger partial charge in [0.1, 0.15) is 11.9 Å². The molecule has 2 fully saturated rings. The van der Waals surface area contributed by atoms with Gasteiger partial charge < -0.3 is 20.3 Å². The van der Waals surface area contributed by atoms with Crippen molar-refractivity contribution in [1.29, 1.82) is 0 Å². The van der Waals surface area contributed by atoms with E-state index in [1.807, 2.05) is 12.1 Å². The van der Waals surface area contributed by atoms with Crippen molar-refractivity contribution in [3.05, 3.63) is 29.8 Å². The SMILES string of the molecule is CCNC(=NCC(C)Oc1cccc(C)c1)NC1CCN(C2CC2)CC1.I. The first-order valence-electron chi connectivity index (χ1n) is 10.2. The van der Waals surface area contributed by atoms with E-state index in [4.69, 9.17) is 9.73 Å². The van der Waals surface area contributed by atoms with Crippen LogP contribution in [0.2, 0.25) is 0 Å². The molecule has 1 aliphatic carbocycles. The molecule has 1 aliphatic heterocycles. The quantitative estimate of drug-likeness (QED) is 0.352. The Balaban J connectivity index is 0.00000261. The van der Waals surface area contributed by atoms with E-state index in [2.05, 4.69) is 48.4 Å². The average molecular weight is 486 g/mol. The number of hydrogen-bond acceptors (Lipinski definition) is 3. The summed E-state index contributed by atoms with van der Waals surface area (Å²) in [5, 5.41) is 7.00. The summed E-state index contributed by atoms with van der Waals surface area (Å²) >= 11 is 0. The number of benzene rings is 1. The molecule has 1 aromatic carbocycles.